The summed E-state index contributed by atoms with van der Waals surface area (Å²) in [4.78, 5) is 27.6. The minimum atomic E-state index is -1.04. The molecule has 1 amide bonds. The van der Waals surface area contributed by atoms with Gasteiger partial charge in [0.1, 0.15) is 0 Å². The highest BCUT2D eigenvalue weighted by Gasteiger charge is 2.35. The number of carbonyl (C=O) groups is 2. The van der Waals surface area contributed by atoms with Crippen LogP contribution in [0, 0.1) is 0 Å². The molecule has 4 nitrogen and oxygen atoms in total. The number of benzene rings is 1. The third-order valence-corrected chi connectivity index (χ3v) is 3.19. The summed E-state index contributed by atoms with van der Waals surface area (Å²) < 4.78 is 5.60. The molecule has 21 heavy (non-hydrogen) atoms. The third kappa shape index (κ3) is 3.34. The summed E-state index contributed by atoms with van der Waals surface area (Å²) in [6, 6.07) is 8.73. The van der Waals surface area contributed by atoms with Crippen LogP contribution in [0.4, 0.5) is 0 Å². The maximum Gasteiger partial charge on any atom is 0.339 e. The summed E-state index contributed by atoms with van der Waals surface area (Å²) in [5, 5.41) is 0. The fourth-order valence-electron chi connectivity index (χ4n) is 2.19. The number of nitrogens with zero attached hydrogens (tertiary/aromatic N) is 1. The van der Waals surface area contributed by atoms with Crippen LogP contribution in [-0.2, 0) is 9.53 Å². The van der Waals surface area contributed by atoms with Gasteiger partial charge in [-0.25, -0.2) is 9.79 Å². The van der Waals surface area contributed by atoms with E-state index >= 15 is 0 Å². The molecule has 0 aliphatic heterocycles. The second-order valence-corrected chi connectivity index (χ2v) is 5.05. The highest BCUT2D eigenvalue weighted by atomic mass is 16.6. The van der Waals surface area contributed by atoms with Crippen molar-refractivity contribution >= 4 is 17.6 Å². The molecule has 0 radical (unpaired) electrons. The minimum absolute atomic E-state index is 0.324. The number of aliphatic imine (C=N–C) groups is 1. The highest BCUT2D eigenvalue weighted by Crippen LogP contribution is 2.25. The largest absolute Gasteiger partial charge is 0.445 e. The smallest absolute Gasteiger partial charge is 0.339 e. The molecule has 1 aliphatic carbocycles. The lowest BCUT2D eigenvalue weighted by atomic mass is 9.89. The summed E-state index contributed by atoms with van der Waals surface area (Å²) in [5.74, 6) is -0.774. The summed E-state index contributed by atoms with van der Waals surface area (Å²) in [6.07, 6.45) is 5.36. The number of amides is 1. The van der Waals surface area contributed by atoms with E-state index in [4.69, 9.17) is 4.74 Å². The maximum absolute atomic E-state index is 12.2. The van der Waals surface area contributed by atoms with Gasteiger partial charge in [-0.3, -0.25) is 4.79 Å². The molecule has 0 N–H and O–H groups in total. The monoisotopic (exact) mass is 283 g/mol. The fourth-order valence-corrected chi connectivity index (χ4v) is 2.19. The van der Waals surface area contributed by atoms with E-state index in [1.165, 1.54) is 6.92 Å². The van der Waals surface area contributed by atoms with Gasteiger partial charge in [0.2, 0.25) is 5.91 Å². The molecule has 0 aromatic heterocycles. The van der Waals surface area contributed by atoms with E-state index in [9.17, 15) is 9.59 Å². The predicted molar refractivity (Wildman–Crippen MR) is 81.3 cm³/mol. The lowest BCUT2D eigenvalue weighted by Crippen LogP contribution is -2.41. The van der Waals surface area contributed by atoms with Crippen LogP contribution in [0.15, 0.2) is 59.1 Å². The van der Waals surface area contributed by atoms with Crippen molar-refractivity contribution in [2.24, 2.45) is 4.99 Å². The molecule has 1 unspecified atom stereocenters. The molecule has 1 aromatic rings. The zero-order valence-electron chi connectivity index (χ0n) is 12.3. The van der Waals surface area contributed by atoms with Crippen molar-refractivity contribution < 1.29 is 14.3 Å². The first kappa shape index (κ1) is 14.9. The molecule has 0 fully saturated rings. The molecule has 0 spiro atoms. The Morgan fingerprint density at radius 1 is 1.19 bits per heavy atom. The van der Waals surface area contributed by atoms with Crippen LogP contribution >= 0.6 is 0 Å². The van der Waals surface area contributed by atoms with Crippen molar-refractivity contribution in [3.8, 4) is 0 Å². The van der Waals surface area contributed by atoms with Crippen molar-refractivity contribution in [2.75, 3.05) is 0 Å². The molecule has 0 saturated heterocycles. The van der Waals surface area contributed by atoms with Gasteiger partial charge in [0.25, 0.3) is 0 Å². The molecule has 1 aromatic carbocycles. The van der Waals surface area contributed by atoms with E-state index in [1.807, 2.05) is 19.1 Å². The average Bonchev–Trinajstić information content (AvgIpc) is 2.44. The molecule has 1 atom stereocenters. The van der Waals surface area contributed by atoms with E-state index in [1.54, 1.807) is 43.3 Å². The van der Waals surface area contributed by atoms with Gasteiger partial charge in [-0.2, -0.15) is 0 Å². The normalized spacial score (nSPS) is 22.8. The van der Waals surface area contributed by atoms with Gasteiger partial charge in [0, 0.05) is 6.92 Å². The van der Waals surface area contributed by atoms with Gasteiger partial charge in [-0.1, -0.05) is 30.4 Å². The number of hydrogen-bond acceptors (Lipinski definition) is 3. The van der Waals surface area contributed by atoms with Crippen LogP contribution in [0.25, 0.3) is 0 Å². The van der Waals surface area contributed by atoms with Crippen LogP contribution in [0.2, 0.25) is 0 Å². The Labute approximate surface area is 123 Å². The standard InChI is InChI=1S/C17H17NO3/c1-12-8-7-11-17(3,15(12)18-13(2)19)21-16(20)14-9-5-4-6-10-14/h4-11H,1-3H3. The molecular weight excluding hydrogens is 266 g/mol. The van der Waals surface area contributed by atoms with Gasteiger partial charge in [0.05, 0.1) is 11.3 Å². The molecule has 0 saturated carbocycles. The van der Waals surface area contributed by atoms with Crippen molar-refractivity contribution in [3.05, 3.63) is 59.7 Å². The predicted octanol–water partition coefficient (Wildman–Crippen LogP) is 3.11. The lowest BCUT2D eigenvalue weighted by Gasteiger charge is -2.30. The second-order valence-electron chi connectivity index (χ2n) is 5.05. The van der Waals surface area contributed by atoms with Gasteiger partial charge in [0.15, 0.2) is 5.60 Å². The Morgan fingerprint density at radius 2 is 1.86 bits per heavy atom. The summed E-state index contributed by atoms with van der Waals surface area (Å²) in [7, 11) is 0. The SMILES string of the molecule is CC(=O)N=C1C(C)=CC=CC1(C)OC(=O)c1ccccc1. The molecule has 1 aliphatic rings. The molecule has 0 heterocycles. The van der Waals surface area contributed by atoms with Gasteiger partial charge in [-0.15, -0.1) is 0 Å². The first-order chi connectivity index (χ1) is 9.92. The Bertz CT molecular complexity index is 656. The van der Waals surface area contributed by atoms with E-state index in [0.29, 0.717) is 11.3 Å². The van der Waals surface area contributed by atoms with Crippen molar-refractivity contribution in [1.82, 2.24) is 0 Å². The first-order valence-corrected chi connectivity index (χ1v) is 6.67. The number of carbonyl (C=O) groups excluding carboxylic acids is 2. The molecule has 2 rings (SSSR count). The van der Waals surface area contributed by atoms with Crippen LogP contribution in [0.3, 0.4) is 0 Å². The highest BCUT2D eigenvalue weighted by molar-refractivity contribution is 6.13. The van der Waals surface area contributed by atoms with Gasteiger partial charge in [-0.05, 0) is 37.6 Å². The van der Waals surface area contributed by atoms with Crippen LogP contribution < -0.4 is 0 Å². The zero-order valence-corrected chi connectivity index (χ0v) is 12.3. The Hall–Kier alpha value is -2.49. The second kappa shape index (κ2) is 5.87. The Balaban J connectivity index is 2.32. The Morgan fingerprint density at radius 3 is 2.48 bits per heavy atom. The summed E-state index contributed by atoms with van der Waals surface area (Å²) >= 11 is 0. The van der Waals surface area contributed by atoms with E-state index in [2.05, 4.69) is 4.99 Å². The van der Waals surface area contributed by atoms with Crippen LogP contribution in [0.1, 0.15) is 31.1 Å². The van der Waals surface area contributed by atoms with Crippen molar-refractivity contribution in [2.45, 2.75) is 26.4 Å². The van der Waals surface area contributed by atoms with E-state index in [0.717, 1.165) is 5.57 Å². The molecular formula is C17H17NO3. The number of esters is 1. The maximum atomic E-state index is 12.2. The average molecular weight is 283 g/mol. The number of allylic oxidation sites excluding steroid dienone is 2. The topological polar surface area (TPSA) is 55.7 Å². The molecule has 4 heteroatoms. The summed E-state index contributed by atoms with van der Waals surface area (Å²) in [6.45, 7) is 4.93. The van der Waals surface area contributed by atoms with Crippen LogP contribution in [0.5, 0.6) is 0 Å². The summed E-state index contributed by atoms with van der Waals surface area (Å²) in [5.41, 5.74) is 0.677. The van der Waals surface area contributed by atoms with Gasteiger partial charge < -0.3 is 4.74 Å². The quantitative estimate of drug-likeness (QED) is 0.784. The number of ether oxygens (including phenoxy) is 1. The van der Waals surface area contributed by atoms with E-state index in [-0.39, 0.29) is 5.91 Å². The lowest BCUT2D eigenvalue weighted by molar-refractivity contribution is -0.115. The fraction of sp³-hybridized carbons (Fsp3) is 0.235. The van der Waals surface area contributed by atoms with Crippen LogP contribution in [-0.4, -0.2) is 23.2 Å². The molecule has 0 bridgehead atoms. The van der Waals surface area contributed by atoms with Gasteiger partial charge >= 0.3 is 5.97 Å². The van der Waals surface area contributed by atoms with Crippen molar-refractivity contribution in [1.29, 1.82) is 0 Å². The number of rotatable bonds is 2. The first-order valence-electron chi connectivity index (χ1n) is 6.67. The minimum Gasteiger partial charge on any atom is -0.445 e. The van der Waals surface area contributed by atoms with Crippen molar-refractivity contribution in [3.63, 3.8) is 0 Å². The van der Waals surface area contributed by atoms with E-state index < -0.39 is 11.6 Å². The third-order valence-electron chi connectivity index (χ3n) is 3.19. The number of hydrogen-bond donors (Lipinski definition) is 0. The Kier molecular flexibility index (Phi) is 4.17. The zero-order chi connectivity index (χ0) is 15.5. The molecule has 108 valence electrons.